The molecule has 1 unspecified atom stereocenters. The van der Waals surface area contributed by atoms with Gasteiger partial charge < -0.3 is 10.2 Å². The summed E-state index contributed by atoms with van der Waals surface area (Å²) < 4.78 is 0. The third-order valence-electron chi connectivity index (χ3n) is 7.35. The topological polar surface area (TPSA) is 35.6 Å². The number of amides is 1. The van der Waals surface area contributed by atoms with E-state index in [9.17, 15) is 4.79 Å². The first kappa shape index (κ1) is 19.8. The molecule has 0 radical (unpaired) electrons. The molecule has 1 N–H and O–H groups in total. The molecule has 154 valence electrons. The van der Waals surface area contributed by atoms with Crippen LogP contribution in [-0.4, -0.2) is 49.6 Å². The predicted molar refractivity (Wildman–Crippen MR) is 116 cm³/mol. The van der Waals surface area contributed by atoms with Crippen LogP contribution < -0.4 is 10.2 Å². The van der Waals surface area contributed by atoms with Gasteiger partial charge in [-0.2, -0.15) is 0 Å². The second-order valence-electron chi connectivity index (χ2n) is 9.31. The van der Waals surface area contributed by atoms with E-state index in [1.165, 1.54) is 43.4 Å². The van der Waals surface area contributed by atoms with Gasteiger partial charge in [-0.3, -0.25) is 9.69 Å². The van der Waals surface area contributed by atoms with Gasteiger partial charge in [0, 0.05) is 50.4 Å². The van der Waals surface area contributed by atoms with Crippen LogP contribution in [0.5, 0.6) is 0 Å². The maximum atomic E-state index is 12.6. The zero-order chi connectivity index (χ0) is 19.5. The number of piperazine rings is 1. The fourth-order valence-electron chi connectivity index (χ4n) is 5.21. The number of carbonyl (C=O) groups excluding carboxylic acids is 1. The Kier molecular flexibility index (Phi) is 6.25. The molecule has 2 saturated carbocycles. The molecular formula is C24H37N3O. The molecule has 1 aromatic carbocycles. The van der Waals surface area contributed by atoms with E-state index in [0.717, 1.165) is 45.1 Å². The Morgan fingerprint density at radius 1 is 1.07 bits per heavy atom. The van der Waals surface area contributed by atoms with Gasteiger partial charge in [0.05, 0.1) is 0 Å². The van der Waals surface area contributed by atoms with E-state index < -0.39 is 0 Å². The molecule has 1 aliphatic heterocycles. The van der Waals surface area contributed by atoms with Gasteiger partial charge in [0.25, 0.3) is 0 Å². The Hall–Kier alpha value is -1.55. The molecule has 4 heteroatoms. The number of nitrogens with zero attached hydrogens (tertiary/aromatic N) is 2. The fraction of sp³-hybridized carbons (Fsp3) is 0.708. The summed E-state index contributed by atoms with van der Waals surface area (Å²) in [5, 5.41) is 3.36. The first-order chi connectivity index (χ1) is 13.6. The summed E-state index contributed by atoms with van der Waals surface area (Å²) in [4.78, 5) is 17.7. The Labute approximate surface area is 170 Å². The van der Waals surface area contributed by atoms with Crippen molar-refractivity contribution in [3.63, 3.8) is 0 Å². The highest BCUT2D eigenvalue weighted by molar-refractivity contribution is 5.81. The van der Waals surface area contributed by atoms with Gasteiger partial charge >= 0.3 is 0 Å². The summed E-state index contributed by atoms with van der Waals surface area (Å²) in [6, 6.07) is 9.12. The summed E-state index contributed by atoms with van der Waals surface area (Å²) in [5.74, 6) is 2.08. The lowest BCUT2D eigenvalue weighted by Crippen LogP contribution is -2.47. The number of nitrogens with one attached hydrogen (secondary N) is 1. The molecule has 4 nitrogen and oxygen atoms in total. The summed E-state index contributed by atoms with van der Waals surface area (Å²) in [5.41, 5.74) is 2.74. The molecule has 1 saturated heterocycles. The standard InChI is InChI=1S/C24H37N3O/c1-3-19-8-10-21(11-9-19)25-24(28)22-16-20(22)17-26-12-14-27(15-13-26)23-7-5-4-6-18(23)2/h4-7,19-22H,3,8-17H2,1-2H3,(H,25,28)/t19?,20?,21?,22-/m0/s1. The zero-order valence-electron chi connectivity index (χ0n) is 17.7. The van der Waals surface area contributed by atoms with E-state index in [1.54, 1.807) is 0 Å². The minimum Gasteiger partial charge on any atom is -0.369 e. The summed E-state index contributed by atoms with van der Waals surface area (Å²) >= 11 is 0. The van der Waals surface area contributed by atoms with Crippen LogP contribution in [0, 0.1) is 24.7 Å². The molecule has 0 bridgehead atoms. The number of para-hydroxylation sites is 1. The van der Waals surface area contributed by atoms with Crippen LogP contribution in [0.15, 0.2) is 24.3 Å². The normalized spacial score (nSPS) is 30.9. The average Bonchev–Trinajstić information content (AvgIpc) is 3.49. The van der Waals surface area contributed by atoms with Gasteiger partial charge in [-0.25, -0.2) is 0 Å². The van der Waals surface area contributed by atoms with E-state index in [1.807, 2.05) is 0 Å². The first-order valence-electron chi connectivity index (χ1n) is 11.5. The van der Waals surface area contributed by atoms with E-state index in [0.29, 0.717) is 17.9 Å². The van der Waals surface area contributed by atoms with Crippen molar-refractivity contribution in [2.75, 3.05) is 37.6 Å². The third kappa shape index (κ3) is 4.71. The maximum Gasteiger partial charge on any atom is 0.223 e. The Morgan fingerprint density at radius 3 is 2.46 bits per heavy atom. The van der Waals surface area contributed by atoms with Gasteiger partial charge in [-0.1, -0.05) is 31.5 Å². The number of rotatable bonds is 6. The smallest absolute Gasteiger partial charge is 0.223 e. The van der Waals surface area contributed by atoms with Crippen molar-refractivity contribution in [2.24, 2.45) is 17.8 Å². The largest absolute Gasteiger partial charge is 0.369 e. The summed E-state index contributed by atoms with van der Waals surface area (Å²) in [6.07, 6.45) is 7.34. The quantitative estimate of drug-likeness (QED) is 0.811. The number of carbonyl (C=O) groups is 1. The van der Waals surface area contributed by atoms with Crippen molar-refractivity contribution in [1.82, 2.24) is 10.2 Å². The zero-order valence-corrected chi connectivity index (χ0v) is 17.7. The summed E-state index contributed by atoms with van der Waals surface area (Å²) in [6.45, 7) is 10.00. The lowest BCUT2D eigenvalue weighted by Gasteiger charge is -2.37. The van der Waals surface area contributed by atoms with Crippen LogP contribution in [0.3, 0.4) is 0 Å². The number of aryl methyl sites for hydroxylation is 1. The average molecular weight is 384 g/mol. The van der Waals surface area contributed by atoms with E-state index >= 15 is 0 Å². The van der Waals surface area contributed by atoms with E-state index in [-0.39, 0.29) is 5.92 Å². The minimum atomic E-state index is 0.276. The molecule has 0 aromatic heterocycles. The monoisotopic (exact) mass is 383 g/mol. The van der Waals surface area contributed by atoms with E-state index in [2.05, 4.69) is 53.2 Å². The van der Waals surface area contributed by atoms with Gasteiger partial charge in [0.15, 0.2) is 0 Å². The Balaban J connectivity index is 1.17. The molecule has 1 aromatic rings. The highest BCUT2D eigenvalue weighted by Crippen LogP contribution is 2.40. The summed E-state index contributed by atoms with van der Waals surface area (Å²) in [7, 11) is 0. The number of anilines is 1. The van der Waals surface area contributed by atoms with E-state index in [4.69, 9.17) is 0 Å². The Bertz CT molecular complexity index is 660. The molecule has 4 rings (SSSR count). The predicted octanol–water partition coefficient (Wildman–Crippen LogP) is 3.84. The van der Waals surface area contributed by atoms with Crippen LogP contribution in [0.1, 0.15) is 51.0 Å². The lowest BCUT2D eigenvalue weighted by atomic mass is 9.84. The van der Waals surface area contributed by atoms with Crippen molar-refractivity contribution in [2.45, 2.75) is 58.4 Å². The highest BCUT2D eigenvalue weighted by atomic mass is 16.2. The van der Waals surface area contributed by atoms with Crippen molar-refractivity contribution in [1.29, 1.82) is 0 Å². The third-order valence-corrected chi connectivity index (χ3v) is 7.35. The SMILES string of the molecule is CCC1CCC(NC(=O)[C@H]2CC2CN2CCN(c3ccccc3C)CC2)CC1. The maximum absolute atomic E-state index is 12.6. The number of hydrogen-bond acceptors (Lipinski definition) is 3. The molecular weight excluding hydrogens is 346 g/mol. The molecule has 2 atom stereocenters. The number of hydrogen-bond donors (Lipinski definition) is 1. The number of benzene rings is 1. The van der Waals surface area contributed by atoms with Gasteiger partial charge in [0.2, 0.25) is 5.91 Å². The van der Waals surface area contributed by atoms with Crippen LogP contribution >= 0.6 is 0 Å². The molecule has 1 amide bonds. The van der Waals surface area contributed by atoms with Crippen LogP contribution in [0.25, 0.3) is 0 Å². The van der Waals surface area contributed by atoms with Crippen LogP contribution in [0.2, 0.25) is 0 Å². The minimum absolute atomic E-state index is 0.276. The van der Waals surface area contributed by atoms with Gasteiger partial charge in [0.1, 0.15) is 0 Å². The van der Waals surface area contributed by atoms with Gasteiger partial charge in [-0.05, 0) is 62.5 Å². The highest BCUT2D eigenvalue weighted by Gasteiger charge is 2.44. The molecule has 0 spiro atoms. The first-order valence-corrected chi connectivity index (χ1v) is 11.5. The van der Waals surface area contributed by atoms with Crippen molar-refractivity contribution in [3.8, 4) is 0 Å². The molecule has 28 heavy (non-hydrogen) atoms. The fourth-order valence-corrected chi connectivity index (χ4v) is 5.21. The lowest BCUT2D eigenvalue weighted by molar-refractivity contribution is -0.123. The van der Waals surface area contributed by atoms with Crippen molar-refractivity contribution >= 4 is 11.6 Å². The van der Waals surface area contributed by atoms with Gasteiger partial charge in [-0.15, -0.1) is 0 Å². The molecule has 3 fully saturated rings. The molecule has 1 heterocycles. The van der Waals surface area contributed by atoms with Crippen molar-refractivity contribution < 1.29 is 4.79 Å². The van der Waals surface area contributed by atoms with Crippen LogP contribution in [0.4, 0.5) is 5.69 Å². The second kappa shape index (κ2) is 8.86. The molecule has 3 aliphatic rings. The Morgan fingerprint density at radius 2 is 1.79 bits per heavy atom. The molecule has 2 aliphatic carbocycles. The van der Waals surface area contributed by atoms with Crippen molar-refractivity contribution in [3.05, 3.63) is 29.8 Å². The second-order valence-corrected chi connectivity index (χ2v) is 9.31. The van der Waals surface area contributed by atoms with Crippen LogP contribution in [-0.2, 0) is 4.79 Å².